The molecule has 0 aliphatic rings. The first-order valence-electron chi connectivity index (χ1n) is 5.06. The number of nitrogens with two attached hydrogens (primary N) is 1. The molecule has 0 aliphatic carbocycles. The van der Waals surface area contributed by atoms with Gasteiger partial charge in [0.15, 0.2) is 11.6 Å². The largest absolute Gasteiger partial charge is 0.469 e. The van der Waals surface area contributed by atoms with Crippen LogP contribution in [0.15, 0.2) is 12.1 Å². The summed E-state index contributed by atoms with van der Waals surface area (Å²) < 4.78 is 31.5. The predicted octanol–water partition coefficient (Wildman–Crippen LogP) is 1.57. The molecule has 3 N–H and O–H groups in total. The topological polar surface area (TPSA) is 64.3 Å². The van der Waals surface area contributed by atoms with Gasteiger partial charge in [0, 0.05) is 12.1 Å². The molecule has 98 valence electrons. The molecule has 7 heteroatoms. The number of thiocarbonyl (C=S) groups is 1. The molecule has 4 nitrogen and oxygen atoms in total. The second-order valence-corrected chi connectivity index (χ2v) is 3.85. The van der Waals surface area contributed by atoms with Gasteiger partial charge in [-0.2, -0.15) is 0 Å². The third-order valence-corrected chi connectivity index (χ3v) is 2.44. The number of carbonyl (C=O) groups excluding carboxylic acids is 1. The Kier molecular flexibility index (Phi) is 4.96. The van der Waals surface area contributed by atoms with Gasteiger partial charge in [0.05, 0.1) is 19.2 Å². The van der Waals surface area contributed by atoms with Crippen molar-refractivity contribution in [2.45, 2.75) is 6.42 Å². The van der Waals surface area contributed by atoms with Crippen LogP contribution in [0, 0.1) is 11.6 Å². The van der Waals surface area contributed by atoms with Gasteiger partial charge in [-0.3, -0.25) is 4.79 Å². The van der Waals surface area contributed by atoms with Gasteiger partial charge in [-0.05, 0) is 12.1 Å². The van der Waals surface area contributed by atoms with E-state index >= 15 is 0 Å². The third-order valence-electron chi connectivity index (χ3n) is 2.22. The average Bonchev–Trinajstić information content (AvgIpc) is 2.33. The van der Waals surface area contributed by atoms with Gasteiger partial charge in [-0.25, -0.2) is 8.78 Å². The lowest BCUT2D eigenvalue weighted by molar-refractivity contribution is -0.140. The van der Waals surface area contributed by atoms with Crippen molar-refractivity contribution < 1.29 is 18.3 Å². The molecule has 0 atom stereocenters. The van der Waals surface area contributed by atoms with Crippen LogP contribution >= 0.6 is 12.2 Å². The zero-order valence-corrected chi connectivity index (χ0v) is 10.4. The number of benzene rings is 1. The molecule has 1 aromatic carbocycles. The highest BCUT2D eigenvalue weighted by Gasteiger charge is 2.14. The van der Waals surface area contributed by atoms with E-state index in [1.165, 1.54) is 19.2 Å². The Hall–Kier alpha value is -1.76. The lowest BCUT2D eigenvalue weighted by atomic mass is 10.1. The first-order valence-corrected chi connectivity index (χ1v) is 5.46. The van der Waals surface area contributed by atoms with Crippen molar-refractivity contribution in [2.24, 2.45) is 5.73 Å². The Balaban J connectivity index is 2.77. The summed E-state index contributed by atoms with van der Waals surface area (Å²) >= 11 is 4.58. The van der Waals surface area contributed by atoms with Crippen molar-refractivity contribution in [1.29, 1.82) is 0 Å². The van der Waals surface area contributed by atoms with Crippen LogP contribution in [0.25, 0.3) is 0 Å². The van der Waals surface area contributed by atoms with Crippen LogP contribution in [0.2, 0.25) is 0 Å². The average molecular weight is 274 g/mol. The Morgan fingerprint density at radius 3 is 2.67 bits per heavy atom. The summed E-state index contributed by atoms with van der Waals surface area (Å²) in [5, 5.41) is 2.59. The van der Waals surface area contributed by atoms with Gasteiger partial charge in [0.2, 0.25) is 0 Å². The van der Waals surface area contributed by atoms with Crippen LogP contribution in [-0.4, -0.2) is 24.6 Å². The van der Waals surface area contributed by atoms with Crippen LogP contribution < -0.4 is 11.1 Å². The van der Waals surface area contributed by atoms with E-state index in [0.29, 0.717) is 0 Å². The third kappa shape index (κ3) is 3.36. The summed E-state index contributed by atoms with van der Waals surface area (Å²) in [6.45, 7) is 0.134. The van der Waals surface area contributed by atoms with Crippen LogP contribution in [0.5, 0.6) is 0 Å². The molecule has 0 heterocycles. The second kappa shape index (κ2) is 6.25. The summed E-state index contributed by atoms with van der Waals surface area (Å²) in [5.74, 6) is -2.63. The highest BCUT2D eigenvalue weighted by Crippen LogP contribution is 2.20. The molecule has 1 rings (SSSR count). The van der Waals surface area contributed by atoms with E-state index in [4.69, 9.17) is 5.73 Å². The van der Waals surface area contributed by atoms with Crippen molar-refractivity contribution in [3.8, 4) is 0 Å². The lowest BCUT2D eigenvalue weighted by Crippen LogP contribution is -2.15. The molecule has 18 heavy (non-hydrogen) atoms. The van der Waals surface area contributed by atoms with Crippen molar-refractivity contribution >= 4 is 28.9 Å². The summed E-state index contributed by atoms with van der Waals surface area (Å²) in [4.78, 5) is 10.6. The fourth-order valence-electron chi connectivity index (χ4n) is 1.28. The number of nitrogens with one attached hydrogen (secondary N) is 1. The molecule has 0 saturated carbocycles. The minimum Gasteiger partial charge on any atom is -0.469 e. The number of halogens is 2. The fraction of sp³-hybridized carbons (Fsp3) is 0.273. The first-order chi connectivity index (χ1) is 8.47. The molecule has 0 aromatic heterocycles. The quantitative estimate of drug-likeness (QED) is 0.630. The number of carbonyl (C=O) groups is 1. The van der Waals surface area contributed by atoms with Crippen molar-refractivity contribution in [3.05, 3.63) is 29.3 Å². The van der Waals surface area contributed by atoms with Crippen LogP contribution in [-0.2, 0) is 9.53 Å². The van der Waals surface area contributed by atoms with Gasteiger partial charge < -0.3 is 15.8 Å². The maximum absolute atomic E-state index is 13.6. The zero-order valence-electron chi connectivity index (χ0n) is 9.63. The van der Waals surface area contributed by atoms with Gasteiger partial charge >= 0.3 is 5.97 Å². The van der Waals surface area contributed by atoms with E-state index in [1.807, 2.05) is 0 Å². The van der Waals surface area contributed by atoms with Gasteiger partial charge in [-0.15, -0.1) is 0 Å². The number of esters is 1. The number of anilines is 1. The molecule has 1 aromatic rings. The molecule has 0 spiro atoms. The molecule has 0 amide bonds. The van der Waals surface area contributed by atoms with E-state index in [-0.39, 0.29) is 29.2 Å². The van der Waals surface area contributed by atoms with E-state index in [1.54, 1.807) is 0 Å². The molecular weight excluding hydrogens is 262 g/mol. The van der Waals surface area contributed by atoms with Crippen molar-refractivity contribution in [1.82, 2.24) is 0 Å². The summed E-state index contributed by atoms with van der Waals surface area (Å²) in [6.07, 6.45) is 0.0502. The molecule has 0 bridgehead atoms. The highest BCUT2D eigenvalue weighted by molar-refractivity contribution is 7.80. The Labute approximate surface area is 108 Å². The van der Waals surface area contributed by atoms with Crippen LogP contribution in [0.1, 0.15) is 12.0 Å². The molecule has 0 unspecified atom stereocenters. The number of hydrogen-bond acceptors (Lipinski definition) is 4. The normalized spacial score (nSPS) is 9.94. The van der Waals surface area contributed by atoms with E-state index in [2.05, 4.69) is 22.3 Å². The van der Waals surface area contributed by atoms with E-state index < -0.39 is 17.6 Å². The molecule has 0 fully saturated rings. The SMILES string of the molecule is COC(=O)CCNc1ccc(C(N)=S)c(F)c1F. The molecule has 0 saturated heterocycles. The van der Waals surface area contributed by atoms with Crippen molar-refractivity contribution in [3.63, 3.8) is 0 Å². The fourth-order valence-corrected chi connectivity index (χ4v) is 1.44. The minimum absolute atomic E-state index is 0.0502. The summed E-state index contributed by atoms with van der Waals surface area (Å²) in [5.41, 5.74) is 5.02. The number of rotatable bonds is 5. The lowest BCUT2D eigenvalue weighted by Gasteiger charge is -2.09. The summed E-state index contributed by atoms with van der Waals surface area (Å²) in [7, 11) is 1.25. The summed E-state index contributed by atoms with van der Waals surface area (Å²) in [6, 6.07) is 2.59. The molecule has 0 radical (unpaired) electrons. The number of methoxy groups -OCH3 is 1. The highest BCUT2D eigenvalue weighted by atomic mass is 32.1. The van der Waals surface area contributed by atoms with Crippen molar-refractivity contribution in [2.75, 3.05) is 19.0 Å². The maximum atomic E-state index is 13.6. The monoisotopic (exact) mass is 274 g/mol. The zero-order chi connectivity index (χ0) is 13.7. The van der Waals surface area contributed by atoms with Gasteiger partial charge in [0.1, 0.15) is 4.99 Å². The van der Waals surface area contributed by atoms with E-state index in [9.17, 15) is 13.6 Å². The van der Waals surface area contributed by atoms with Crippen LogP contribution in [0.4, 0.5) is 14.5 Å². The number of ether oxygens (including phenoxy) is 1. The maximum Gasteiger partial charge on any atom is 0.307 e. The Morgan fingerprint density at radius 1 is 1.44 bits per heavy atom. The van der Waals surface area contributed by atoms with E-state index in [0.717, 1.165) is 0 Å². The van der Waals surface area contributed by atoms with Gasteiger partial charge in [-0.1, -0.05) is 12.2 Å². The molecule has 0 aliphatic heterocycles. The first kappa shape index (κ1) is 14.3. The Bertz CT molecular complexity index is 480. The standard InChI is InChI=1S/C11H12F2N2O2S/c1-17-8(16)4-5-15-7-3-2-6(11(14)18)9(12)10(7)13/h2-3,15H,4-5H2,1H3,(H2,14,18). The van der Waals surface area contributed by atoms with Gasteiger partial charge in [0.25, 0.3) is 0 Å². The second-order valence-electron chi connectivity index (χ2n) is 3.41. The molecular formula is C11H12F2N2O2S. The Morgan fingerprint density at radius 2 is 2.11 bits per heavy atom. The van der Waals surface area contributed by atoms with Crippen LogP contribution in [0.3, 0.4) is 0 Å². The smallest absolute Gasteiger partial charge is 0.307 e. The number of hydrogen-bond donors (Lipinski definition) is 2. The minimum atomic E-state index is -1.11. The predicted molar refractivity (Wildman–Crippen MR) is 67.4 cm³/mol.